The van der Waals surface area contributed by atoms with Crippen molar-refractivity contribution < 1.29 is 23.5 Å². The zero-order chi connectivity index (χ0) is 28.9. The summed E-state index contributed by atoms with van der Waals surface area (Å²) >= 11 is 0. The summed E-state index contributed by atoms with van der Waals surface area (Å²) in [7, 11) is 2.96. The molecule has 0 fully saturated rings. The molecule has 0 aliphatic carbocycles. The van der Waals surface area contributed by atoms with Crippen molar-refractivity contribution in [3.63, 3.8) is 0 Å². The maximum atomic E-state index is 14.9. The second-order valence-corrected chi connectivity index (χ2v) is 10.1. The number of para-hydroxylation sites is 2. The summed E-state index contributed by atoms with van der Waals surface area (Å²) in [5, 5.41) is 11.4. The Hall–Kier alpha value is -4.47. The highest BCUT2D eigenvalue weighted by molar-refractivity contribution is 5.90. The number of hydrogen-bond acceptors (Lipinski definition) is 6. The minimum Gasteiger partial charge on any atom is -0.493 e. The van der Waals surface area contributed by atoms with E-state index in [1.54, 1.807) is 42.5 Å². The average molecular weight is 548 g/mol. The minimum absolute atomic E-state index is 0.177. The van der Waals surface area contributed by atoms with E-state index in [0.717, 1.165) is 0 Å². The van der Waals surface area contributed by atoms with Crippen LogP contribution in [0.25, 0.3) is 11.0 Å². The number of benzene rings is 3. The van der Waals surface area contributed by atoms with Crippen LogP contribution in [0.3, 0.4) is 0 Å². The summed E-state index contributed by atoms with van der Waals surface area (Å²) in [5.41, 5.74) is 1.38. The van der Waals surface area contributed by atoms with E-state index in [2.05, 4.69) is 15.6 Å². The third-order valence-electron chi connectivity index (χ3n) is 6.96. The first-order valence-corrected chi connectivity index (χ1v) is 13.0. The van der Waals surface area contributed by atoms with Gasteiger partial charge in [0.25, 0.3) is 0 Å². The van der Waals surface area contributed by atoms with Crippen molar-refractivity contribution >= 4 is 22.8 Å². The van der Waals surface area contributed by atoms with Crippen molar-refractivity contribution in [1.29, 1.82) is 0 Å². The van der Waals surface area contributed by atoms with E-state index in [-0.39, 0.29) is 18.7 Å². The predicted molar refractivity (Wildman–Crippen MR) is 149 cm³/mol. The first-order valence-electron chi connectivity index (χ1n) is 13.0. The molecule has 9 nitrogen and oxygen atoms in total. The van der Waals surface area contributed by atoms with Crippen LogP contribution in [-0.4, -0.2) is 51.5 Å². The molecule has 4 rings (SSSR count). The Morgan fingerprint density at radius 2 is 1.75 bits per heavy atom. The third-order valence-corrected chi connectivity index (χ3v) is 6.96. The van der Waals surface area contributed by atoms with Gasteiger partial charge in [0.05, 0.1) is 19.7 Å². The summed E-state index contributed by atoms with van der Waals surface area (Å²) < 4.78 is 27.6. The van der Waals surface area contributed by atoms with Crippen molar-refractivity contribution in [2.24, 2.45) is 0 Å². The monoisotopic (exact) mass is 547 g/mol. The molecule has 2 amide bonds. The third kappa shape index (κ3) is 6.06. The number of carbonyl (C=O) groups excluding carboxylic acids is 2. The first kappa shape index (κ1) is 28.5. The second kappa shape index (κ2) is 12.1. The van der Waals surface area contributed by atoms with Crippen LogP contribution in [0, 0.1) is 5.82 Å². The number of carbonyl (C=O) groups is 2. The van der Waals surface area contributed by atoms with Crippen LogP contribution in [0.2, 0.25) is 0 Å². The number of nitrogens with zero attached hydrogens (tertiary/aromatic N) is 4. The molecule has 3 aromatic carbocycles. The van der Waals surface area contributed by atoms with E-state index >= 15 is 0 Å². The van der Waals surface area contributed by atoms with Gasteiger partial charge in [0, 0.05) is 23.2 Å². The van der Waals surface area contributed by atoms with E-state index in [1.807, 2.05) is 39.0 Å². The lowest BCUT2D eigenvalue weighted by Crippen LogP contribution is -2.50. The van der Waals surface area contributed by atoms with Crippen molar-refractivity contribution in [3.8, 4) is 11.5 Å². The van der Waals surface area contributed by atoms with Crippen LogP contribution < -0.4 is 14.8 Å². The van der Waals surface area contributed by atoms with E-state index in [9.17, 15) is 14.0 Å². The number of hydrogen-bond donors (Lipinski definition) is 1. The molecule has 0 saturated heterocycles. The molecule has 0 bridgehead atoms. The number of ether oxygens (including phenoxy) is 2. The fourth-order valence-electron chi connectivity index (χ4n) is 4.45. The van der Waals surface area contributed by atoms with Crippen LogP contribution in [0.1, 0.15) is 44.4 Å². The number of rotatable bonds is 11. The van der Waals surface area contributed by atoms with Gasteiger partial charge >= 0.3 is 0 Å². The number of methoxy groups -OCH3 is 2. The summed E-state index contributed by atoms with van der Waals surface area (Å²) in [6.07, 6.45) is 0.646. The van der Waals surface area contributed by atoms with Gasteiger partial charge in [-0.3, -0.25) is 9.59 Å². The molecular formula is C30H34FN5O4. The molecule has 0 aliphatic heterocycles. The molecular weight excluding hydrogens is 513 g/mol. The molecule has 40 heavy (non-hydrogen) atoms. The van der Waals surface area contributed by atoms with Gasteiger partial charge in [-0.2, -0.15) is 0 Å². The van der Waals surface area contributed by atoms with E-state index in [4.69, 9.17) is 9.47 Å². The summed E-state index contributed by atoms with van der Waals surface area (Å²) in [6, 6.07) is 17.4. The molecule has 0 unspecified atom stereocenters. The molecule has 10 heteroatoms. The summed E-state index contributed by atoms with van der Waals surface area (Å²) in [4.78, 5) is 29.6. The Kier molecular flexibility index (Phi) is 8.67. The van der Waals surface area contributed by atoms with Gasteiger partial charge in [-0.1, -0.05) is 54.6 Å². The van der Waals surface area contributed by atoms with Crippen molar-refractivity contribution in [2.45, 2.75) is 51.9 Å². The van der Waals surface area contributed by atoms with Gasteiger partial charge in [0.1, 0.15) is 23.9 Å². The molecule has 0 spiro atoms. The van der Waals surface area contributed by atoms with Crippen LogP contribution >= 0.6 is 0 Å². The van der Waals surface area contributed by atoms with Crippen LogP contribution in [-0.2, 0) is 22.7 Å². The Morgan fingerprint density at radius 3 is 2.45 bits per heavy atom. The first-order chi connectivity index (χ1) is 19.2. The lowest BCUT2D eigenvalue weighted by atomic mass is 9.97. The Balaban J connectivity index is 1.87. The van der Waals surface area contributed by atoms with Crippen molar-refractivity contribution in [2.75, 3.05) is 14.2 Å². The maximum absolute atomic E-state index is 14.9. The molecule has 1 N–H and O–H groups in total. The molecule has 1 atom stereocenters. The fourth-order valence-corrected chi connectivity index (χ4v) is 4.45. The smallest absolute Gasteiger partial charge is 0.248 e. The predicted octanol–water partition coefficient (Wildman–Crippen LogP) is 4.66. The molecule has 0 saturated carbocycles. The lowest BCUT2D eigenvalue weighted by Gasteiger charge is -2.35. The molecule has 210 valence electrons. The lowest BCUT2D eigenvalue weighted by molar-refractivity contribution is -0.143. The van der Waals surface area contributed by atoms with Gasteiger partial charge < -0.3 is 19.7 Å². The van der Waals surface area contributed by atoms with E-state index < -0.39 is 29.2 Å². The SMILES string of the molecule is CCC(C)(C)NC(=O)[C@H](c1cccc(OC)c1OC)N(Cc1ccccc1F)C(=O)Cn1nnc2ccccc21. The average Bonchev–Trinajstić information content (AvgIpc) is 3.35. The Labute approximate surface area is 232 Å². The molecule has 4 aromatic rings. The standard InChI is InChI=1S/C30H34FN5O4/c1-6-30(2,3)32-29(38)27(21-13-11-17-25(39-4)28(21)40-5)35(18-20-12-7-8-14-22(20)31)26(37)19-36-24-16-10-9-15-23(24)33-34-36/h7-17,27H,6,18-19H2,1-5H3,(H,32,38)/t27-/m0/s1. The van der Waals surface area contributed by atoms with Gasteiger partial charge in [-0.15, -0.1) is 5.10 Å². The number of aromatic nitrogens is 3. The van der Waals surface area contributed by atoms with Crippen molar-refractivity contribution in [1.82, 2.24) is 25.2 Å². The van der Waals surface area contributed by atoms with E-state index in [0.29, 0.717) is 34.5 Å². The fraction of sp³-hybridized carbons (Fsp3) is 0.333. The summed E-state index contributed by atoms with van der Waals surface area (Å²) in [5.74, 6) is -0.688. The largest absolute Gasteiger partial charge is 0.493 e. The molecule has 0 aliphatic rings. The highest BCUT2D eigenvalue weighted by Gasteiger charge is 2.37. The van der Waals surface area contributed by atoms with Gasteiger partial charge in [0.15, 0.2) is 11.5 Å². The van der Waals surface area contributed by atoms with Gasteiger partial charge in [-0.25, -0.2) is 9.07 Å². The number of fused-ring (bicyclic) bond motifs is 1. The highest BCUT2D eigenvalue weighted by atomic mass is 19.1. The summed E-state index contributed by atoms with van der Waals surface area (Å²) in [6.45, 7) is 5.36. The van der Waals surface area contributed by atoms with Gasteiger partial charge in [-0.05, 0) is 44.5 Å². The molecule has 1 aromatic heterocycles. The number of halogens is 1. The Morgan fingerprint density at radius 1 is 1.02 bits per heavy atom. The zero-order valence-corrected chi connectivity index (χ0v) is 23.3. The normalized spacial score (nSPS) is 12.2. The minimum atomic E-state index is -1.18. The topological polar surface area (TPSA) is 98.6 Å². The Bertz CT molecular complexity index is 1500. The van der Waals surface area contributed by atoms with Crippen molar-refractivity contribution in [3.05, 3.63) is 83.7 Å². The van der Waals surface area contributed by atoms with Crippen LogP contribution in [0.5, 0.6) is 11.5 Å². The molecule has 0 radical (unpaired) electrons. The number of amides is 2. The maximum Gasteiger partial charge on any atom is 0.248 e. The quantitative estimate of drug-likeness (QED) is 0.293. The number of nitrogens with one attached hydrogen (secondary N) is 1. The van der Waals surface area contributed by atoms with Crippen LogP contribution in [0.15, 0.2) is 66.7 Å². The van der Waals surface area contributed by atoms with E-state index in [1.165, 1.54) is 29.9 Å². The second-order valence-electron chi connectivity index (χ2n) is 10.1. The zero-order valence-electron chi connectivity index (χ0n) is 23.3. The van der Waals surface area contributed by atoms with Crippen LogP contribution in [0.4, 0.5) is 4.39 Å². The van der Waals surface area contributed by atoms with Gasteiger partial charge in [0.2, 0.25) is 11.8 Å². The highest BCUT2D eigenvalue weighted by Crippen LogP contribution is 2.38. The molecule has 1 heterocycles.